The third kappa shape index (κ3) is 3.78. The van der Waals surface area contributed by atoms with Crippen molar-refractivity contribution in [1.82, 2.24) is 20.3 Å². The SMILES string of the molecule is CC(=O)NC1CCCN(c2nc(N)nc(C)c2-c2ccc(N)nc2)C1. The normalized spacial score (nSPS) is 17.4. The third-order valence-corrected chi connectivity index (χ3v) is 4.29. The van der Waals surface area contributed by atoms with Crippen LogP contribution in [0, 0.1) is 6.92 Å². The van der Waals surface area contributed by atoms with Crippen LogP contribution in [-0.2, 0) is 4.79 Å². The Morgan fingerprint density at radius 1 is 1.32 bits per heavy atom. The smallest absolute Gasteiger partial charge is 0.222 e. The lowest BCUT2D eigenvalue weighted by Gasteiger charge is -2.35. The highest BCUT2D eigenvalue weighted by Crippen LogP contribution is 2.33. The Balaban J connectivity index is 2.00. The first kappa shape index (κ1) is 16.9. The molecule has 5 N–H and O–H groups in total. The van der Waals surface area contributed by atoms with Gasteiger partial charge >= 0.3 is 0 Å². The zero-order chi connectivity index (χ0) is 18.0. The maximum Gasteiger partial charge on any atom is 0.222 e. The number of nitrogens with one attached hydrogen (secondary N) is 1. The van der Waals surface area contributed by atoms with Crippen LogP contribution in [0.2, 0.25) is 0 Å². The predicted octanol–water partition coefficient (Wildman–Crippen LogP) is 1.12. The molecular formula is C17H23N7O. The lowest BCUT2D eigenvalue weighted by molar-refractivity contribution is -0.119. The van der Waals surface area contributed by atoms with E-state index in [4.69, 9.17) is 11.5 Å². The molecule has 0 aromatic carbocycles. The van der Waals surface area contributed by atoms with E-state index in [1.54, 1.807) is 12.3 Å². The first-order valence-corrected chi connectivity index (χ1v) is 8.32. The average molecular weight is 341 g/mol. The van der Waals surface area contributed by atoms with E-state index in [0.29, 0.717) is 12.4 Å². The molecule has 3 heterocycles. The number of hydrogen-bond donors (Lipinski definition) is 3. The van der Waals surface area contributed by atoms with Crippen LogP contribution in [0.15, 0.2) is 18.3 Å². The van der Waals surface area contributed by atoms with Crippen molar-refractivity contribution in [3.05, 3.63) is 24.0 Å². The topological polar surface area (TPSA) is 123 Å². The quantitative estimate of drug-likeness (QED) is 0.764. The molecule has 8 heteroatoms. The molecule has 1 aliphatic rings. The van der Waals surface area contributed by atoms with Gasteiger partial charge in [-0.15, -0.1) is 0 Å². The number of nitrogen functional groups attached to an aromatic ring is 2. The second-order valence-corrected chi connectivity index (χ2v) is 6.32. The second kappa shape index (κ2) is 6.92. The van der Waals surface area contributed by atoms with Gasteiger partial charge in [-0.25, -0.2) is 9.97 Å². The molecule has 0 spiro atoms. The molecule has 0 radical (unpaired) electrons. The van der Waals surface area contributed by atoms with Crippen molar-refractivity contribution < 1.29 is 4.79 Å². The molecule has 0 bridgehead atoms. The van der Waals surface area contributed by atoms with Crippen LogP contribution in [0.25, 0.3) is 11.1 Å². The molecule has 3 rings (SSSR count). The fourth-order valence-electron chi connectivity index (χ4n) is 3.27. The van der Waals surface area contributed by atoms with E-state index in [2.05, 4.69) is 25.2 Å². The number of hydrogen-bond acceptors (Lipinski definition) is 7. The first-order chi connectivity index (χ1) is 11.9. The number of piperidine rings is 1. The standard InChI is InChI=1S/C17H23N7O/c1-10-15(12-5-6-14(18)20-8-12)16(23-17(19)21-10)24-7-3-4-13(9-24)22-11(2)25/h5-6,8,13H,3-4,7,9H2,1-2H3,(H2,18,20)(H,22,25)(H2,19,21,23). The summed E-state index contributed by atoms with van der Waals surface area (Å²) in [5.41, 5.74) is 14.2. The summed E-state index contributed by atoms with van der Waals surface area (Å²) in [6, 6.07) is 3.76. The van der Waals surface area contributed by atoms with Gasteiger partial charge < -0.3 is 21.7 Å². The number of rotatable bonds is 3. The molecule has 0 saturated carbocycles. The highest BCUT2D eigenvalue weighted by atomic mass is 16.1. The monoisotopic (exact) mass is 341 g/mol. The number of anilines is 3. The summed E-state index contributed by atoms with van der Waals surface area (Å²) in [5.74, 6) is 1.45. The summed E-state index contributed by atoms with van der Waals surface area (Å²) in [6.45, 7) is 4.98. The van der Waals surface area contributed by atoms with Crippen LogP contribution in [0.3, 0.4) is 0 Å². The van der Waals surface area contributed by atoms with Crippen LogP contribution in [0.5, 0.6) is 0 Å². The molecule has 2 aromatic heterocycles. The van der Waals surface area contributed by atoms with Crippen molar-refractivity contribution in [3.63, 3.8) is 0 Å². The van der Waals surface area contributed by atoms with Crippen LogP contribution in [0.4, 0.5) is 17.6 Å². The van der Waals surface area contributed by atoms with Crippen LogP contribution < -0.4 is 21.7 Å². The van der Waals surface area contributed by atoms with E-state index in [9.17, 15) is 4.79 Å². The molecule has 1 aliphatic heterocycles. The van der Waals surface area contributed by atoms with E-state index in [0.717, 1.165) is 42.0 Å². The van der Waals surface area contributed by atoms with Gasteiger partial charge in [0.25, 0.3) is 0 Å². The molecular weight excluding hydrogens is 318 g/mol. The number of aromatic nitrogens is 3. The Hall–Kier alpha value is -2.90. The fourth-order valence-corrected chi connectivity index (χ4v) is 3.27. The second-order valence-electron chi connectivity index (χ2n) is 6.32. The minimum Gasteiger partial charge on any atom is -0.384 e. The molecule has 1 amide bonds. The zero-order valence-corrected chi connectivity index (χ0v) is 14.5. The Bertz CT molecular complexity index is 775. The maximum absolute atomic E-state index is 11.4. The van der Waals surface area contributed by atoms with Gasteiger partial charge in [0, 0.05) is 43.4 Å². The molecule has 8 nitrogen and oxygen atoms in total. The van der Waals surface area contributed by atoms with Gasteiger partial charge in [0.2, 0.25) is 11.9 Å². The minimum absolute atomic E-state index is 0.0202. The van der Waals surface area contributed by atoms with Crippen molar-refractivity contribution in [2.45, 2.75) is 32.7 Å². The number of aryl methyl sites for hydroxylation is 1. The highest BCUT2D eigenvalue weighted by Gasteiger charge is 2.25. The molecule has 2 aromatic rings. The highest BCUT2D eigenvalue weighted by molar-refractivity contribution is 5.79. The summed E-state index contributed by atoms with van der Waals surface area (Å²) in [7, 11) is 0. The first-order valence-electron chi connectivity index (χ1n) is 8.32. The maximum atomic E-state index is 11.4. The number of carbonyl (C=O) groups excluding carboxylic acids is 1. The number of amides is 1. The van der Waals surface area contributed by atoms with Crippen LogP contribution in [0.1, 0.15) is 25.5 Å². The third-order valence-electron chi connectivity index (χ3n) is 4.29. The van der Waals surface area contributed by atoms with Gasteiger partial charge in [0.15, 0.2) is 0 Å². The number of carbonyl (C=O) groups is 1. The molecule has 1 saturated heterocycles. The summed E-state index contributed by atoms with van der Waals surface area (Å²) in [6.07, 6.45) is 3.64. The number of nitrogens with two attached hydrogens (primary N) is 2. The molecule has 25 heavy (non-hydrogen) atoms. The Kier molecular flexibility index (Phi) is 4.69. The van der Waals surface area contributed by atoms with Crippen molar-refractivity contribution in [3.8, 4) is 11.1 Å². The Labute approximate surface area is 146 Å². The predicted molar refractivity (Wildman–Crippen MR) is 97.9 cm³/mol. The summed E-state index contributed by atoms with van der Waals surface area (Å²) in [5, 5.41) is 2.99. The molecule has 1 unspecified atom stereocenters. The van der Waals surface area contributed by atoms with Crippen molar-refractivity contribution in [2.75, 3.05) is 29.5 Å². The summed E-state index contributed by atoms with van der Waals surface area (Å²) in [4.78, 5) is 26.5. The van der Waals surface area contributed by atoms with Gasteiger partial charge in [0.1, 0.15) is 11.6 Å². The Morgan fingerprint density at radius 2 is 2.12 bits per heavy atom. The number of nitrogens with zero attached hydrogens (tertiary/aromatic N) is 4. The van der Waals surface area contributed by atoms with Crippen molar-refractivity contribution >= 4 is 23.5 Å². The van der Waals surface area contributed by atoms with Crippen molar-refractivity contribution in [2.24, 2.45) is 0 Å². The Morgan fingerprint density at radius 3 is 2.80 bits per heavy atom. The minimum atomic E-state index is -0.0202. The average Bonchev–Trinajstić information content (AvgIpc) is 2.55. The van der Waals surface area contributed by atoms with E-state index in [1.165, 1.54) is 6.92 Å². The van der Waals surface area contributed by atoms with E-state index in [-0.39, 0.29) is 17.9 Å². The lowest BCUT2D eigenvalue weighted by Crippen LogP contribution is -2.47. The van der Waals surface area contributed by atoms with Gasteiger partial charge in [-0.3, -0.25) is 4.79 Å². The van der Waals surface area contributed by atoms with Gasteiger partial charge in [0.05, 0.1) is 5.69 Å². The largest absolute Gasteiger partial charge is 0.384 e. The van der Waals surface area contributed by atoms with Crippen LogP contribution in [-0.4, -0.2) is 40.0 Å². The van der Waals surface area contributed by atoms with Crippen molar-refractivity contribution in [1.29, 1.82) is 0 Å². The fraction of sp³-hybridized carbons (Fsp3) is 0.412. The molecule has 0 aliphatic carbocycles. The number of pyridine rings is 1. The van der Waals surface area contributed by atoms with E-state index in [1.807, 2.05) is 13.0 Å². The lowest BCUT2D eigenvalue weighted by atomic mass is 10.0. The van der Waals surface area contributed by atoms with Gasteiger partial charge in [-0.1, -0.05) is 0 Å². The van der Waals surface area contributed by atoms with E-state index < -0.39 is 0 Å². The van der Waals surface area contributed by atoms with Gasteiger partial charge in [-0.2, -0.15) is 4.98 Å². The summed E-state index contributed by atoms with van der Waals surface area (Å²) < 4.78 is 0. The van der Waals surface area contributed by atoms with Gasteiger partial charge in [-0.05, 0) is 31.9 Å². The summed E-state index contributed by atoms with van der Waals surface area (Å²) >= 11 is 0. The molecule has 1 atom stereocenters. The van der Waals surface area contributed by atoms with E-state index >= 15 is 0 Å². The zero-order valence-electron chi connectivity index (χ0n) is 14.5. The molecule has 132 valence electrons. The van der Waals surface area contributed by atoms with Crippen LogP contribution >= 0.6 is 0 Å². The molecule has 1 fully saturated rings.